The van der Waals surface area contributed by atoms with Crippen LogP contribution in [0.2, 0.25) is 0 Å². The number of hydrogen-bond donors (Lipinski definition) is 1. The molecule has 116 valence electrons. The summed E-state index contributed by atoms with van der Waals surface area (Å²) in [4.78, 5) is 21.9. The number of alkyl halides is 4. The van der Waals surface area contributed by atoms with Crippen LogP contribution in [0.3, 0.4) is 0 Å². The third kappa shape index (κ3) is 4.42. The second-order valence-corrected chi connectivity index (χ2v) is 4.97. The number of rotatable bonds is 4. The van der Waals surface area contributed by atoms with Crippen LogP contribution in [-0.4, -0.2) is 30.4 Å². The fraction of sp³-hybridized carbons (Fsp3) is 0.333. The van der Waals surface area contributed by atoms with Crippen LogP contribution in [0.15, 0.2) is 18.2 Å². The summed E-state index contributed by atoms with van der Waals surface area (Å²) in [5.74, 6) is -3.40. The average Bonchev–Trinajstić information content (AvgIpc) is 2.42. The summed E-state index contributed by atoms with van der Waals surface area (Å²) in [6, 6.07) is 2.38. The maximum atomic E-state index is 13.7. The van der Waals surface area contributed by atoms with Crippen LogP contribution in [0, 0.1) is 5.82 Å². The number of carbonyl (C=O) groups excluding carboxylic acids is 2. The van der Waals surface area contributed by atoms with Gasteiger partial charge in [-0.3, -0.25) is 9.59 Å². The van der Waals surface area contributed by atoms with E-state index in [1.54, 1.807) is 0 Å². The minimum atomic E-state index is -4.90. The second kappa shape index (κ2) is 6.88. The molecule has 9 heteroatoms. The van der Waals surface area contributed by atoms with Crippen LogP contribution in [-0.2, 0) is 15.7 Å². The molecule has 1 N–H and O–H groups in total. The predicted molar refractivity (Wildman–Crippen MR) is 68.5 cm³/mol. The lowest BCUT2D eigenvalue weighted by Gasteiger charge is -2.12. The number of nitrogens with one attached hydrogen (secondary N) is 1. The summed E-state index contributed by atoms with van der Waals surface area (Å²) in [5.41, 5.74) is -2.28. The van der Waals surface area contributed by atoms with Crippen LogP contribution in [0.1, 0.15) is 15.9 Å². The van der Waals surface area contributed by atoms with Gasteiger partial charge in [0.2, 0.25) is 0 Å². The smallest absolute Gasteiger partial charge is 0.419 e. The molecule has 0 aliphatic heterocycles. The van der Waals surface area contributed by atoms with Gasteiger partial charge >= 0.3 is 12.1 Å². The Morgan fingerprint density at radius 2 is 2.00 bits per heavy atom. The molecule has 0 aliphatic rings. The number of carbonyl (C=O) groups is 2. The summed E-state index contributed by atoms with van der Waals surface area (Å²) < 4.78 is 55.6. The summed E-state index contributed by atoms with van der Waals surface area (Å²) in [5, 5.41) is 2.14. The van der Waals surface area contributed by atoms with E-state index in [1.807, 2.05) is 0 Å². The minimum Gasteiger partial charge on any atom is -0.468 e. The highest BCUT2D eigenvalue weighted by Gasteiger charge is 2.35. The van der Waals surface area contributed by atoms with Crippen molar-refractivity contribution in [1.29, 1.82) is 0 Å². The lowest BCUT2D eigenvalue weighted by atomic mass is 10.1. The maximum Gasteiger partial charge on any atom is 0.419 e. The van der Waals surface area contributed by atoms with Crippen molar-refractivity contribution in [2.24, 2.45) is 0 Å². The third-order valence-corrected chi connectivity index (χ3v) is 3.15. The van der Waals surface area contributed by atoms with Crippen molar-refractivity contribution in [1.82, 2.24) is 5.32 Å². The van der Waals surface area contributed by atoms with Crippen molar-refractivity contribution in [3.8, 4) is 0 Å². The highest BCUT2D eigenvalue weighted by atomic mass is 79.9. The number of amides is 1. The van der Waals surface area contributed by atoms with Gasteiger partial charge in [0.1, 0.15) is 10.6 Å². The zero-order valence-electron chi connectivity index (χ0n) is 10.6. The fourth-order valence-electron chi connectivity index (χ4n) is 1.42. The van der Waals surface area contributed by atoms with E-state index in [0.717, 1.165) is 19.2 Å². The molecule has 1 aromatic rings. The largest absolute Gasteiger partial charge is 0.468 e. The highest BCUT2D eigenvalue weighted by Crippen LogP contribution is 2.32. The van der Waals surface area contributed by atoms with Gasteiger partial charge in [-0.15, -0.1) is 0 Å². The molecule has 1 aromatic carbocycles. The van der Waals surface area contributed by atoms with Gasteiger partial charge in [-0.25, -0.2) is 4.39 Å². The molecule has 21 heavy (non-hydrogen) atoms. The molecule has 0 aliphatic carbocycles. The summed E-state index contributed by atoms with van der Waals surface area (Å²) in [7, 11) is 1.13. The van der Waals surface area contributed by atoms with E-state index < -0.39 is 39.8 Å². The monoisotopic (exact) mass is 371 g/mol. The molecular weight excluding hydrogens is 362 g/mol. The Hall–Kier alpha value is -1.64. The van der Waals surface area contributed by atoms with E-state index in [1.165, 1.54) is 0 Å². The lowest BCUT2D eigenvalue weighted by molar-refractivity contribution is -0.140. The van der Waals surface area contributed by atoms with Crippen molar-refractivity contribution < 1.29 is 31.9 Å². The minimum absolute atomic E-state index is 0.263. The molecule has 0 saturated heterocycles. The van der Waals surface area contributed by atoms with Gasteiger partial charge in [-0.05, 0) is 12.1 Å². The van der Waals surface area contributed by atoms with Gasteiger partial charge in [-0.2, -0.15) is 13.2 Å². The normalized spacial score (nSPS) is 12.7. The summed E-state index contributed by atoms with van der Waals surface area (Å²) >= 11 is 2.91. The molecule has 0 radical (unpaired) electrons. The van der Waals surface area contributed by atoms with Crippen LogP contribution >= 0.6 is 15.9 Å². The van der Waals surface area contributed by atoms with Crippen LogP contribution in [0.25, 0.3) is 0 Å². The van der Waals surface area contributed by atoms with Crippen molar-refractivity contribution in [3.63, 3.8) is 0 Å². The van der Waals surface area contributed by atoms with Gasteiger partial charge in [-0.1, -0.05) is 22.0 Å². The van der Waals surface area contributed by atoms with Crippen LogP contribution in [0.4, 0.5) is 17.6 Å². The first kappa shape index (κ1) is 17.4. The van der Waals surface area contributed by atoms with E-state index in [-0.39, 0.29) is 6.54 Å². The highest BCUT2D eigenvalue weighted by molar-refractivity contribution is 9.10. The molecule has 0 bridgehead atoms. The van der Waals surface area contributed by atoms with Gasteiger partial charge in [0.05, 0.1) is 18.2 Å². The Bertz CT molecular complexity index is 548. The fourth-order valence-corrected chi connectivity index (χ4v) is 1.76. The number of hydrogen-bond acceptors (Lipinski definition) is 3. The maximum absolute atomic E-state index is 13.7. The van der Waals surface area contributed by atoms with E-state index in [0.29, 0.717) is 6.07 Å². The molecule has 0 spiro atoms. The van der Waals surface area contributed by atoms with Crippen molar-refractivity contribution in [2.45, 2.75) is 11.0 Å². The molecule has 0 heterocycles. The Kier molecular flexibility index (Phi) is 5.70. The first-order valence-corrected chi connectivity index (χ1v) is 6.45. The zero-order valence-corrected chi connectivity index (χ0v) is 12.2. The Balaban J connectivity index is 2.87. The molecule has 1 atom stereocenters. The molecule has 1 amide bonds. The first-order valence-electron chi connectivity index (χ1n) is 5.54. The molecule has 0 fully saturated rings. The SMILES string of the molecule is COC(=O)C(Br)CNC(=O)c1cccc(C(F)(F)F)c1F. The second-order valence-electron chi connectivity index (χ2n) is 3.87. The van der Waals surface area contributed by atoms with Crippen molar-refractivity contribution in [3.05, 3.63) is 35.1 Å². The summed E-state index contributed by atoms with van der Waals surface area (Å²) in [6.07, 6.45) is -4.90. The van der Waals surface area contributed by atoms with Crippen molar-refractivity contribution in [2.75, 3.05) is 13.7 Å². The number of halogens is 5. The van der Waals surface area contributed by atoms with E-state index in [9.17, 15) is 27.2 Å². The standard InChI is InChI=1S/C12H10BrF4NO3/c1-21-11(20)8(13)5-18-10(19)6-3-2-4-7(9(6)14)12(15,16)17/h2-4,8H,5H2,1H3,(H,18,19). The van der Waals surface area contributed by atoms with Crippen LogP contribution < -0.4 is 5.32 Å². The van der Waals surface area contributed by atoms with Crippen molar-refractivity contribution >= 4 is 27.8 Å². The molecule has 1 unspecified atom stereocenters. The quantitative estimate of drug-likeness (QED) is 0.502. The van der Waals surface area contributed by atoms with Gasteiger partial charge in [0, 0.05) is 6.54 Å². The van der Waals surface area contributed by atoms with E-state index in [4.69, 9.17) is 0 Å². The third-order valence-electron chi connectivity index (χ3n) is 2.45. The van der Waals surface area contributed by atoms with Gasteiger partial charge in [0.15, 0.2) is 0 Å². The van der Waals surface area contributed by atoms with E-state index >= 15 is 0 Å². The summed E-state index contributed by atoms with van der Waals surface area (Å²) in [6.45, 7) is -0.263. The Labute approximate surface area is 125 Å². The Morgan fingerprint density at radius 1 is 1.38 bits per heavy atom. The van der Waals surface area contributed by atoms with E-state index in [2.05, 4.69) is 26.0 Å². The molecule has 1 rings (SSSR count). The topological polar surface area (TPSA) is 55.4 Å². The molecular formula is C12H10BrF4NO3. The van der Waals surface area contributed by atoms with Gasteiger partial charge in [0.25, 0.3) is 5.91 Å². The molecule has 4 nitrogen and oxygen atoms in total. The zero-order chi connectivity index (χ0) is 16.2. The number of methoxy groups -OCH3 is 1. The molecule has 0 aromatic heterocycles. The first-order chi connectivity index (χ1) is 9.68. The average molecular weight is 372 g/mol. The van der Waals surface area contributed by atoms with Crippen LogP contribution in [0.5, 0.6) is 0 Å². The number of ether oxygens (including phenoxy) is 1. The van der Waals surface area contributed by atoms with Gasteiger partial charge < -0.3 is 10.1 Å². The predicted octanol–water partition coefficient (Wildman–Crippen LogP) is 2.51. The molecule has 0 saturated carbocycles. The number of benzene rings is 1. The number of esters is 1. The lowest BCUT2D eigenvalue weighted by Crippen LogP contribution is -2.34. The Morgan fingerprint density at radius 3 is 2.52 bits per heavy atom.